The summed E-state index contributed by atoms with van der Waals surface area (Å²) >= 11 is 0. The van der Waals surface area contributed by atoms with Crippen molar-refractivity contribution in [2.45, 2.75) is 69.2 Å². The molecule has 1 heteroatoms. The second kappa shape index (κ2) is 13.9. The second-order valence-electron chi connectivity index (χ2n) is 15.3. The van der Waals surface area contributed by atoms with Gasteiger partial charge in [0.15, 0.2) is 8.07 Å². The van der Waals surface area contributed by atoms with Crippen molar-refractivity contribution in [3.63, 3.8) is 0 Å². The van der Waals surface area contributed by atoms with Crippen LogP contribution in [0.3, 0.4) is 0 Å². The Morgan fingerprint density at radius 3 is 0.962 bits per heavy atom. The summed E-state index contributed by atoms with van der Waals surface area (Å²) in [6.45, 7) is 23.5. The lowest BCUT2D eigenvalue weighted by Crippen LogP contribution is -2.70. The van der Waals surface area contributed by atoms with Crippen molar-refractivity contribution < 1.29 is 0 Å². The first kappa shape index (κ1) is 35.4. The molecule has 1 atom stereocenters. The van der Waals surface area contributed by atoms with E-state index in [4.69, 9.17) is 0 Å². The fraction of sp³-hybridized carbons (Fsp3) is 0.216. The standard InChI is InChI=1S/C51H52Si/c1-32-26-45(29-48(35(32)4)42-20-14-11-15-21-42)52(51-40(9)38(7)39(8)41(51)10,46-27-33(2)36(5)49(30-46)43-22-16-12-17-23-43)47-28-34(3)37(6)50(31-47)44-24-18-13-19-25-44/h11-31,40H,1-10H3. The first-order valence-electron chi connectivity index (χ1n) is 18.9. The van der Waals surface area contributed by atoms with Crippen molar-refractivity contribution in [1.29, 1.82) is 0 Å². The van der Waals surface area contributed by atoms with Crippen LogP contribution in [-0.4, -0.2) is 8.07 Å². The molecule has 0 aliphatic heterocycles. The molecule has 0 bridgehead atoms. The predicted octanol–water partition coefficient (Wildman–Crippen LogP) is 11.9. The molecule has 0 heterocycles. The first-order chi connectivity index (χ1) is 24.9. The molecular formula is C51H52Si. The van der Waals surface area contributed by atoms with E-state index in [9.17, 15) is 0 Å². The zero-order chi connectivity index (χ0) is 36.9. The maximum Gasteiger partial charge on any atom is 0.176 e. The molecule has 52 heavy (non-hydrogen) atoms. The molecule has 0 nitrogen and oxygen atoms in total. The average Bonchev–Trinajstić information content (AvgIpc) is 3.35. The maximum absolute atomic E-state index is 3.02. The van der Waals surface area contributed by atoms with Gasteiger partial charge in [-0.15, -0.1) is 0 Å². The number of rotatable bonds is 7. The average molecular weight is 693 g/mol. The van der Waals surface area contributed by atoms with E-state index in [1.807, 2.05) is 0 Å². The smallest absolute Gasteiger partial charge is 0.0636 e. The molecule has 0 spiro atoms. The summed E-state index contributed by atoms with van der Waals surface area (Å²) in [7, 11) is -3.02. The van der Waals surface area contributed by atoms with Gasteiger partial charge in [0.2, 0.25) is 0 Å². The molecule has 0 N–H and O–H groups in total. The quantitative estimate of drug-likeness (QED) is 0.115. The van der Waals surface area contributed by atoms with Gasteiger partial charge >= 0.3 is 0 Å². The van der Waals surface area contributed by atoms with Crippen molar-refractivity contribution >= 4 is 23.6 Å². The zero-order valence-corrected chi connectivity index (χ0v) is 33.7. The number of allylic oxidation sites excluding steroid dienone is 4. The highest BCUT2D eigenvalue weighted by Gasteiger charge is 2.49. The van der Waals surface area contributed by atoms with Crippen molar-refractivity contribution in [2.24, 2.45) is 5.92 Å². The van der Waals surface area contributed by atoms with E-state index in [1.165, 1.54) is 99.0 Å². The predicted molar refractivity (Wildman–Crippen MR) is 229 cm³/mol. The van der Waals surface area contributed by atoms with Crippen LogP contribution >= 0.6 is 0 Å². The Morgan fingerprint density at radius 1 is 0.385 bits per heavy atom. The van der Waals surface area contributed by atoms with E-state index in [1.54, 1.807) is 5.20 Å². The highest BCUT2D eigenvalue weighted by molar-refractivity contribution is 7.16. The Hall–Kier alpha value is -4.98. The van der Waals surface area contributed by atoms with Crippen LogP contribution in [0.25, 0.3) is 33.4 Å². The van der Waals surface area contributed by atoms with Gasteiger partial charge in [-0.05, 0) is 156 Å². The lowest BCUT2D eigenvalue weighted by atomic mass is 9.97. The van der Waals surface area contributed by atoms with Crippen molar-refractivity contribution in [3.8, 4) is 33.4 Å². The van der Waals surface area contributed by atoms with E-state index in [2.05, 4.69) is 197 Å². The minimum absolute atomic E-state index is 0.317. The maximum atomic E-state index is 2.59. The highest BCUT2D eigenvalue weighted by atomic mass is 28.3. The number of benzene rings is 6. The lowest BCUT2D eigenvalue weighted by molar-refractivity contribution is 0.851. The largest absolute Gasteiger partial charge is 0.176 e. The molecule has 6 aromatic carbocycles. The van der Waals surface area contributed by atoms with E-state index >= 15 is 0 Å². The number of hydrogen-bond donors (Lipinski definition) is 0. The van der Waals surface area contributed by atoms with Gasteiger partial charge in [-0.2, -0.15) is 0 Å². The molecule has 6 aromatic rings. The fourth-order valence-corrected chi connectivity index (χ4v) is 14.8. The first-order valence-corrected chi connectivity index (χ1v) is 20.9. The SMILES string of the molecule is CC1=C(C)C(C)C([Si](c2cc(C)c(C)c(-c3ccccc3)c2)(c2cc(C)c(C)c(-c3ccccc3)c2)c2cc(C)c(C)c(-c3ccccc3)c2)=C1C. The van der Waals surface area contributed by atoms with E-state index in [0.29, 0.717) is 5.92 Å². The molecule has 0 saturated heterocycles. The Kier molecular flexibility index (Phi) is 9.44. The Bertz CT molecular complexity index is 2140. The molecule has 0 fully saturated rings. The molecular weight excluding hydrogens is 641 g/mol. The van der Waals surface area contributed by atoms with Crippen LogP contribution in [0.2, 0.25) is 0 Å². The summed E-state index contributed by atoms with van der Waals surface area (Å²) in [6, 6.07) is 48.6. The highest BCUT2D eigenvalue weighted by Crippen LogP contribution is 2.43. The van der Waals surface area contributed by atoms with Gasteiger partial charge in [0.05, 0.1) is 0 Å². The van der Waals surface area contributed by atoms with Crippen LogP contribution in [-0.2, 0) is 0 Å². The summed E-state index contributed by atoms with van der Waals surface area (Å²) in [5.41, 5.74) is 20.3. The van der Waals surface area contributed by atoms with Crippen LogP contribution in [0, 0.1) is 47.5 Å². The summed E-state index contributed by atoms with van der Waals surface area (Å²) in [4.78, 5) is 0. The van der Waals surface area contributed by atoms with Crippen LogP contribution in [0.5, 0.6) is 0 Å². The third-order valence-electron chi connectivity index (χ3n) is 12.6. The minimum atomic E-state index is -3.02. The van der Waals surface area contributed by atoms with Gasteiger partial charge in [-0.3, -0.25) is 0 Å². The van der Waals surface area contributed by atoms with Crippen LogP contribution in [0.1, 0.15) is 61.1 Å². The summed E-state index contributed by atoms with van der Waals surface area (Å²) in [5, 5.41) is 6.00. The molecule has 0 saturated carbocycles. The molecule has 1 unspecified atom stereocenters. The Balaban J connectivity index is 1.72. The van der Waals surface area contributed by atoms with Gasteiger partial charge in [-0.25, -0.2) is 0 Å². The van der Waals surface area contributed by atoms with Gasteiger partial charge in [0.25, 0.3) is 0 Å². The normalized spacial score (nSPS) is 14.8. The van der Waals surface area contributed by atoms with E-state index in [-0.39, 0.29) is 0 Å². The van der Waals surface area contributed by atoms with Gasteiger partial charge in [0.1, 0.15) is 0 Å². The molecule has 1 aliphatic carbocycles. The van der Waals surface area contributed by atoms with E-state index in [0.717, 1.165) is 0 Å². The van der Waals surface area contributed by atoms with Crippen LogP contribution in [0.4, 0.5) is 0 Å². The van der Waals surface area contributed by atoms with Crippen LogP contribution in [0.15, 0.2) is 149 Å². The Morgan fingerprint density at radius 2 is 0.692 bits per heavy atom. The molecule has 1 aliphatic rings. The molecule has 0 radical (unpaired) electrons. The van der Waals surface area contributed by atoms with Crippen molar-refractivity contribution in [2.75, 3.05) is 0 Å². The summed E-state index contributed by atoms with van der Waals surface area (Å²) in [5.74, 6) is 0.317. The summed E-state index contributed by atoms with van der Waals surface area (Å²) < 4.78 is 0. The van der Waals surface area contributed by atoms with Crippen LogP contribution < -0.4 is 15.6 Å². The third-order valence-corrected chi connectivity index (χ3v) is 17.7. The minimum Gasteiger partial charge on any atom is -0.0636 e. The lowest BCUT2D eigenvalue weighted by Gasteiger charge is -2.40. The zero-order valence-electron chi connectivity index (χ0n) is 32.7. The summed E-state index contributed by atoms with van der Waals surface area (Å²) in [6.07, 6.45) is 0. The molecule has 260 valence electrons. The van der Waals surface area contributed by atoms with Crippen molar-refractivity contribution in [1.82, 2.24) is 0 Å². The molecule has 7 rings (SSSR count). The monoisotopic (exact) mass is 692 g/mol. The topological polar surface area (TPSA) is 0 Å². The van der Waals surface area contributed by atoms with Gasteiger partial charge in [-0.1, -0.05) is 151 Å². The second-order valence-corrected chi connectivity index (χ2v) is 19.1. The third kappa shape index (κ3) is 5.76. The number of hydrogen-bond acceptors (Lipinski definition) is 0. The van der Waals surface area contributed by atoms with Gasteiger partial charge < -0.3 is 0 Å². The fourth-order valence-electron chi connectivity index (χ4n) is 8.92. The molecule has 0 amide bonds. The Labute approximate surface area is 313 Å². The molecule has 0 aromatic heterocycles. The van der Waals surface area contributed by atoms with Crippen molar-refractivity contribution in [3.05, 3.63) is 183 Å². The van der Waals surface area contributed by atoms with Gasteiger partial charge in [0, 0.05) is 0 Å². The van der Waals surface area contributed by atoms with E-state index < -0.39 is 8.07 Å². The number of aryl methyl sites for hydroxylation is 3.